The van der Waals surface area contributed by atoms with Gasteiger partial charge in [-0.15, -0.1) is 0 Å². The van der Waals surface area contributed by atoms with E-state index in [1.807, 2.05) is 12.3 Å². The molecule has 1 aliphatic carbocycles. The van der Waals surface area contributed by atoms with Crippen LogP contribution in [0.25, 0.3) is 0 Å². The van der Waals surface area contributed by atoms with Gasteiger partial charge in [0.15, 0.2) is 0 Å². The Balaban J connectivity index is 1.77. The fraction of sp³-hybridized carbons (Fsp3) is 0.615. The molecule has 0 radical (unpaired) electrons. The summed E-state index contributed by atoms with van der Waals surface area (Å²) in [4.78, 5) is 6.81. The molecule has 0 aromatic carbocycles. The van der Waals surface area contributed by atoms with Gasteiger partial charge < -0.3 is 10.2 Å². The van der Waals surface area contributed by atoms with E-state index in [0.29, 0.717) is 0 Å². The molecule has 100 valence electrons. The second-order valence-electron chi connectivity index (χ2n) is 4.83. The molecule has 0 saturated heterocycles. The number of nitrogens with zero attached hydrogens (tertiary/aromatic N) is 2. The van der Waals surface area contributed by atoms with Gasteiger partial charge in [-0.2, -0.15) is 0 Å². The van der Waals surface area contributed by atoms with Crippen molar-refractivity contribution in [3.63, 3.8) is 0 Å². The summed E-state index contributed by atoms with van der Waals surface area (Å²) in [5.41, 5.74) is 0. The topological polar surface area (TPSA) is 28.2 Å². The number of hydrogen-bond acceptors (Lipinski definition) is 3. The van der Waals surface area contributed by atoms with E-state index >= 15 is 0 Å². The number of likely N-dealkylation sites (N-methyl/N-ethyl adjacent to an activating group) is 1. The minimum absolute atomic E-state index is 0.785. The Labute approximate surface area is 126 Å². The van der Waals surface area contributed by atoms with Crippen molar-refractivity contribution in [2.45, 2.75) is 31.7 Å². The molecule has 5 heteroatoms. The van der Waals surface area contributed by atoms with E-state index in [-0.39, 0.29) is 0 Å². The highest BCUT2D eigenvalue weighted by Crippen LogP contribution is 2.24. The number of nitrogens with one attached hydrogen (secondary N) is 1. The fourth-order valence-electron chi connectivity index (χ4n) is 2.42. The molecule has 2 rings (SSSR count). The highest BCUT2D eigenvalue weighted by molar-refractivity contribution is 9.11. The molecule has 0 amide bonds. The monoisotopic (exact) mass is 375 g/mol. The number of rotatable bonds is 5. The first-order valence-electron chi connectivity index (χ1n) is 6.42. The van der Waals surface area contributed by atoms with Crippen molar-refractivity contribution < 1.29 is 0 Å². The van der Waals surface area contributed by atoms with Crippen LogP contribution in [0, 0.1) is 0 Å². The van der Waals surface area contributed by atoms with Crippen molar-refractivity contribution in [2.75, 3.05) is 25.5 Å². The summed E-state index contributed by atoms with van der Waals surface area (Å²) >= 11 is 6.92. The van der Waals surface area contributed by atoms with Crippen LogP contribution in [0.5, 0.6) is 0 Å². The van der Waals surface area contributed by atoms with Gasteiger partial charge in [-0.05, 0) is 57.8 Å². The zero-order valence-electron chi connectivity index (χ0n) is 10.6. The van der Waals surface area contributed by atoms with Crippen LogP contribution in [0.3, 0.4) is 0 Å². The normalized spacial score (nSPS) is 16.4. The van der Waals surface area contributed by atoms with Gasteiger partial charge in [-0.3, -0.25) is 0 Å². The third-order valence-electron chi connectivity index (χ3n) is 3.51. The van der Waals surface area contributed by atoms with Crippen LogP contribution in [0.15, 0.2) is 21.2 Å². The largest absolute Gasteiger partial charge is 0.368 e. The van der Waals surface area contributed by atoms with Crippen LogP contribution in [0.2, 0.25) is 0 Å². The van der Waals surface area contributed by atoms with Crippen molar-refractivity contribution >= 4 is 37.7 Å². The highest BCUT2D eigenvalue weighted by Gasteiger charge is 2.18. The maximum Gasteiger partial charge on any atom is 0.140 e. The van der Waals surface area contributed by atoms with Crippen molar-refractivity contribution in [2.24, 2.45) is 0 Å². The molecule has 0 aliphatic heterocycles. The van der Waals surface area contributed by atoms with Gasteiger partial charge in [0, 0.05) is 29.8 Å². The maximum absolute atomic E-state index is 4.35. The van der Waals surface area contributed by atoms with Crippen LogP contribution in [0.4, 0.5) is 5.82 Å². The molecule has 1 aromatic rings. The van der Waals surface area contributed by atoms with E-state index in [9.17, 15) is 0 Å². The molecular formula is C13H19Br2N3. The first kappa shape index (κ1) is 14.3. The maximum atomic E-state index is 4.35. The molecule has 0 unspecified atom stereocenters. The third-order valence-corrected chi connectivity index (χ3v) is 4.55. The zero-order chi connectivity index (χ0) is 13.0. The standard InChI is InChI=1S/C13H19Br2N3/c1-18(11-4-2-3-5-11)7-6-16-13-12(15)8-10(14)9-17-13/h8-9,11H,2-7H2,1H3,(H,16,17). The summed E-state index contributed by atoms with van der Waals surface area (Å²) in [7, 11) is 2.22. The lowest BCUT2D eigenvalue weighted by Crippen LogP contribution is -2.33. The fourth-order valence-corrected chi connectivity index (χ4v) is 3.55. The van der Waals surface area contributed by atoms with Crippen LogP contribution >= 0.6 is 31.9 Å². The molecule has 1 fully saturated rings. The number of anilines is 1. The van der Waals surface area contributed by atoms with Crippen LogP contribution in [0.1, 0.15) is 25.7 Å². The number of hydrogen-bond donors (Lipinski definition) is 1. The van der Waals surface area contributed by atoms with Crippen LogP contribution < -0.4 is 5.32 Å². The van der Waals surface area contributed by atoms with E-state index in [1.54, 1.807) is 0 Å². The molecule has 1 aliphatic rings. The summed E-state index contributed by atoms with van der Waals surface area (Å²) in [5, 5.41) is 3.37. The molecule has 0 spiro atoms. The zero-order valence-corrected chi connectivity index (χ0v) is 13.8. The minimum Gasteiger partial charge on any atom is -0.368 e. The van der Waals surface area contributed by atoms with Gasteiger partial charge in [-0.1, -0.05) is 12.8 Å². The lowest BCUT2D eigenvalue weighted by Gasteiger charge is -2.24. The average Bonchev–Trinajstić information content (AvgIpc) is 2.85. The first-order valence-corrected chi connectivity index (χ1v) is 8.00. The predicted molar refractivity (Wildman–Crippen MR) is 83.0 cm³/mol. The lowest BCUT2D eigenvalue weighted by molar-refractivity contribution is 0.254. The van der Waals surface area contributed by atoms with E-state index in [1.165, 1.54) is 25.7 Å². The van der Waals surface area contributed by atoms with Crippen molar-refractivity contribution in [1.82, 2.24) is 9.88 Å². The Kier molecular flexibility index (Phi) is 5.45. The van der Waals surface area contributed by atoms with Crippen LogP contribution in [-0.4, -0.2) is 36.1 Å². The van der Waals surface area contributed by atoms with Gasteiger partial charge in [-0.25, -0.2) is 4.98 Å². The van der Waals surface area contributed by atoms with Gasteiger partial charge >= 0.3 is 0 Å². The molecule has 1 heterocycles. The molecular weight excluding hydrogens is 358 g/mol. The second kappa shape index (κ2) is 6.87. The van der Waals surface area contributed by atoms with E-state index in [4.69, 9.17) is 0 Å². The summed E-state index contributed by atoms with van der Waals surface area (Å²) in [6, 6.07) is 2.80. The number of pyridine rings is 1. The van der Waals surface area contributed by atoms with Gasteiger partial charge in [0.05, 0.1) is 4.47 Å². The number of halogens is 2. The Bertz CT molecular complexity index is 392. The summed E-state index contributed by atoms with van der Waals surface area (Å²) in [5.74, 6) is 0.915. The van der Waals surface area contributed by atoms with E-state index in [2.05, 4.69) is 54.1 Å². The molecule has 0 atom stereocenters. The van der Waals surface area contributed by atoms with Crippen molar-refractivity contribution in [3.8, 4) is 0 Å². The quantitative estimate of drug-likeness (QED) is 0.844. The highest BCUT2D eigenvalue weighted by atomic mass is 79.9. The predicted octanol–water partition coefficient (Wildman–Crippen LogP) is 3.89. The van der Waals surface area contributed by atoms with Gasteiger partial charge in [0.25, 0.3) is 0 Å². The SMILES string of the molecule is CN(CCNc1ncc(Br)cc1Br)C1CCCC1. The number of aromatic nitrogens is 1. The minimum atomic E-state index is 0.785. The van der Waals surface area contributed by atoms with Gasteiger partial charge in [0.1, 0.15) is 5.82 Å². The molecule has 1 N–H and O–H groups in total. The second-order valence-corrected chi connectivity index (χ2v) is 6.60. The van der Waals surface area contributed by atoms with Crippen molar-refractivity contribution in [1.29, 1.82) is 0 Å². The first-order chi connectivity index (χ1) is 8.66. The Morgan fingerprint density at radius 2 is 2.11 bits per heavy atom. The molecule has 3 nitrogen and oxygen atoms in total. The third kappa shape index (κ3) is 3.93. The van der Waals surface area contributed by atoms with E-state index in [0.717, 1.165) is 33.9 Å². The smallest absolute Gasteiger partial charge is 0.140 e. The summed E-state index contributed by atoms with van der Waals surface area (Å²) in [6.45, 7) is 2.00. The van der Waals surface area contributed by atoms with E-state index < -0.39 is 0 Å². The molecule has 0 bridgehead atoms. The summed E-state index contributed by atoms with van der Waals surface area (Å²) in [6.07, 6.45) is 7.31. The summed E-state index contributed by atoms with van der Waals surface area (Å²) < 4.78 is 1.99. The molecule has 1 aromatic heterocycles. The Hall–Kier alpha value is -0.130. The lowest BCUT2D eigenvalue weighted by atomic mass is 10.2. The average molecular weight is 377 g/mol. The Morgan fingerprint density at radius 3 is 2.78 bits per heavy atom. The molecule has 1 saturated carbocycles. The van der Waals surface area contributed by atoms with Gasteiger partial charge in [0.2, 0.25) is 0 Å². The van der Waals surface area contributed by atoms with Crippen LogP contribution in [-0.2, 0) is 0 Å². The molecule has 18 heavy (non-hydrogen) atoms. The van der Waals surface area contributed by atoms with Crippen molar-refractivity contribution in [3.05, 3.63) is 21.2 Å². The Morgan fingerprint density at radius 1 is 1.39 bits per heavy atom.